The molecular formula is C11H12ClN5O. The van der Waals surface area contributed by atoms with Crippen LogP contribution in [0.4, 0.5) is 5.95 Å². The van der Waals surface area contributed by atoms with Gasteiger partial charge in [-0.25, -0.2) is 0 Å². The molecule has 0 aliphatic heterocycles. The Hall–Kier alpha value is -1.95. The molecule has 2 heterocycles. The predicted octanol–water partition coefficient (Wildman–Crippen LogP) is 2.53. The van der Waals surface area contributed by atoms with Crippen LogP contribution in [0, 0.1) is 0 Å². The highest BCUT2D eigenvalue weighted by Crippen LogP contribution is 2.18. The molecular weight excluding hydrogens is 254 g/mol. The van der Waals surface area contributed by atoms with Crippen molar-refractivity contribution in [3.63, 3.8) is 0 Å². The Morgan fingerprint density at radius 1 is 1.33 bits per heavy atom. The van der Waals surface area contributed by atoms with Crippen molar-refractivity contribution in [2.24, 2.45) is 0 Å². The fraction of sp³-hybridized carbons (Fsp3) is 0.273. The van der Waals surface area contributed by atoms with E-state index in [0.717, 1.165) is 13.0 Å². The molecule has 0 aromatic carbocycles. The Morgan fingerprint density at radius 2 is 2.22 bits per heavy atom. The quantitative estimate of drug-likeness (QED) is 0.896. The molecule has 0 aliphatic rings. The average molecular weight is 266 g/mol. The molecule has 2 rings (SSSR count). The Morgan fingerprint density at radius 3 is 2.94 bits per heavy atom. The molecule has 0 fully saturated rings. The highest BCUT2D eigenvalue weighted by Gasteiger charge is 2.06. The van der Waals surface area contributed by atoms with Crippen LogP contribution < -0.4 is 10.1 Å². The number of nitrogens with zero attached hydrogens (tertiary/aromatic N) is 4. The second-order valence-electron chi connectivity index (χ2n) is 3.43. The summed E-state index contributed by atoms with van der Waals surface area (Å²) in [6.07, 6.45) is 4.18. The van der Waals surface area contributed by atoms with E-state index in [1.807, 2.05) is 6.92 Å². The number of pyridine rings is 1. The zero-order chi connectivity index (χ0) is 12.8. The van der Waals surface area contributed by atoms with Gasteiger partial charge in [-0.15, -0.1) is 0 Å². The topological polar surface area (TPSA) is 72.8 Å². The maximum atomic E-state index is 5.80. The number of aromatic nitrogens is 4. The fourth-order valence-electron chi connectivity index (χ4n) is 1.21. The van der Waals surface area contributed by atoms with Crippen molar-refractivity contribution in [1.29, 1.82) is 0 Å². The third kappa shape index (κ3) is 3.53. The Kier molecular flexibility index (Phi) is 4.25. The van der Waals surface area contributed by atoms with E-state index in [-0.39, 0.29) is 11.3 Å². The van der Waals surface area contributed by atoms with Crippen LogP contribution in [0.15, 0.2) is 24.5 Å². The minimum absolute atomic E-state index is 0.0856. The fourth-order valence-corrected chi connectivity index (χ4v) is 1.36. The smallest absolute Gasteiger partial charge is 0.328 e. The summed E-state index contributed by atoms with van der Waals surface area (Å²) in [6, 6.07) is 3.65. The maximum Gasteiger partial charge on any atom is 0.328 e. The van der Waals surface area contributed by atoms with Crippen molar-refractivity contribution in [2.75, 3.05) is 11.9 Å². The average Bonchev–Trinajstić information content (AvgIpc) is 2.37. The zero-order valence-electron chi connectivity index (χ0n) is 9.80. The number of hydrogen-bond acceptors (Lipinski definition) is 6. The summed E-state index contributed by atoms with van der Waals surface area (Å²) < 4.78 is 5.43. The first-order valence-corrected chi connectivity index (χ1v) is 5.89. The molecule has 0 saturated carbocycles. The van der Waals surface area contributed by atoms with Gasteiger partial charge in [0.1, 0.15) is 5.75 Å². The van der Waals surface area contributed by atoms with Gasteiger partial charge in [-0.05, 0) is 30.2 Å². The molecule has 7 heteroatoms. The van der Waals surface area contributed by atoms with Gasteiger partial charge in [0.05, 0.1) is 6.20 Å². The first-order valence-electron chi connectivity index (χ1n) is 5.51. The molecule has 18 heavy (non-hydrogen) atoms. The first-order chi connectivity index (χ1) is 8.78. The second-order valence-corrected chi connectivity index (χ2v) is 3.77. The summed E-state index contributed by atoms with van der Waals surface area (Å²) in [4.78, 5) is 15.9. The molecule has 0 amide bonds. The summed E-state index contributed by atoms with van der Waals surface area (Å²) in [7, 11) is 0. The van der Waals surface area contributed by atoms with E-state index in [4.69, 9.17) is 16.3 Å². The van der Waals surface area contributed by atoms with Crippen molar-refractivity contribution in [1.82, 2.24) is 19.9 Å². The van der Waals surface area contributed by atoms with Gasteiger partial charge in [-0.1, -0.05) is 6.92 Å². The van der Waals surface area contributed by atoms with Crippen LogP contribution in [0.25, 0.3) is 0 Å². The molecule has 0 spiro atoms. The molecule has 2 aromatic heterocycles. The molecule has 1 N–H and O–H groups in total. The van der Waals surface area contributed by atoms with Crippen LogP contribution in [0.5, 0.6) is 11.8 Å². The van der Waals surface area contributed by atoms with E-state index in [2.05, 4.69) is 25.3 Å². The summed E-state index contributed by atoms with van der Waals surface area (Å²) in [5, 5.41) is 3.10. The van der Waals surface area contributed by atoms with E-state index in [9.17, 15) is 0 Å². The Balaban J connectivity index is 2.15. The summed E-state index contributed by atoms with van der Waals surface area (Å²) >= 11 is 5.80. The van der Waals surface area contributed by atoms with Gasteiger partial charge in [-0.2, -0.15) is 15.0 Å². The number of ether oxygens (including phenoxy) is 1. The van der Waals surface area contributed by atoms with Crippen molar-refractivity contribution in [2.45, 2.75) is 13.3 Å². The standard InChI is InChI=1S/C11H12ClN5O/c1-2-5-14-10-15-9(12)16-11(17-10)18-8-4-3-6-13-7-8/h3-4,6-7H,2,5H2,1H3,(H,14,15,16,17). The van der Waals surface area contributed by atoms with Gasteiger partial charge in [0, 0.05) is 12.7 Å². The summed E-state index contributed by atoms with van der Waals surface area (Å²) in [5.74, 6) is 0.942. The number of hydrogen-bond donors (Lipinski definition) is 1. The third-order valence-corrected chi connectivity index (χ3v) is 2.13. The molecule has 0 atom stereocenters. The molecule has 6 nitrogen and oxygen atoms in total. The number of anilines is 1. The van der Waals surface area contributed by atoms with Crippen LogP contribution in [0.2, 0.25) is 5.28 Å². The molecule has 0 radical (unpaired) electrons. The lowest BCUT2D eigenvalue weighted by Crippen LogP contribution is -2.06. The van der Waals surface area contributed by atoms with Crippen LogP contribution >= 0.6 is 11.6 Å². The van der Waals surface area contributed by atoms with Crippen LogP contribution in [-0.4, -0.2) is 26.5 Å². The normalized spacial score (nSPS) is 10.1. The summed E-state index contributed by atoms with van der Waals surface area (Å²) in [5.41, 5.74) is 0. The van der Waals surface area contributed by atoms with Crippen molar-refractivity contribution in [3.8, 4) is 11.8 Å². The Labute approximate surface area is 109 Å². The predicted molar refractivity (Wildman–Crippen MR) is 67.9 cm³/mol. The third-order valence-electron chi connectivity index (χ3n) is 1.96. The minimum atomic E-state index is 0.0856. The lowest BCUT2D eigenvalue weighted by Gasteiger charge is -2.06. The van der Waals surface area contributed by atoms with E-state index >= 15 is 0 Å². The molecule has 0 aliphatic carbocycles. The minimum Gasteiger partial charge on any atom is -0.422 e. The second kappa shape index (κ2) is 6.11. The molecule has 94 valence electrons. The monoisotopic (exact) mass is 265 g/mol. The number of nitrogens with one attached hydrogen (secondary N) is 1. The number of halogens is 1. The highest BCUT2D eigenvalue weighted by atomic mass is 35.5. The van der Waals surface area contributed by atoms with Crippen molar-refractivity contribution in [3.05, 3.63) is 29.8 Å². The van der Waals surface area contributed by atoms with E-state index in [0.29, 0.717) is 11.7 Å². The van der Waals surface area contributed by atoms with E-state index in [1.165, 1.54) is 0 Å². The van der Waals surface area contributed by atoms with Gasteiger partial charge in [0.2, 0.25) is 11.2 Å². The first kappa shape index (κ1) is 12.5. The van der Waals surface area contributed by atoms with Crippen LogP contribution in [0.3, 0.4) is 0 Å². The SMILES string of the molecule is CCCNc1nc(Cl)nc(Oc2cccnc2)n1. The van der Waals surface area contributed by atoms with Gasteiger partial charge < -0.3 is 10.1 Å². The molecule has 0 saturated heterocycles. The molecule has 0 unspecified atom stereocenters. The van der Waals surface area contributed by atoms with Crippen molar-refractivity contribution >= 4 is 17.5 Å². The van der Waals surface area contributed by atoms with Gasteiger partial charge >= 0.3 is 6.01 Å². The maximum absolute atomic E-state index is 5.80. The van der Waals surface area contributed by atoms with Gasteiger partial charge in [0.15, 0.2) is 0 Å². The van der Waals surface area contributed by atoms with E-state index < -0.39 is 0 Å². The van der Waals surface area contributed by atoms with Crippen LogP contribution in [-0.2, 0) is 0 Å². The zero-order valence-corrected chi connectivity index (χ0v) is 10.6. The Bertz CT molecular complexity index is 508. The number of rotatable bonds is 5. The largest absolute Gasteiger partial charge is 0.422 e. The lowest BCUT2D eigenvalue weighted by molar-refractivity contribution is 0.438. The lowest BCUT2D eigenvalue weighted by atomic mass is 10.5. The molecule has 2 aromatic rings. The van der Waals surface area contributed by atoms with Crippen LogP contribution in [0.1, 0.15) is 13.3 Å². The van der Waals surface area contributed by atoms with Crippen molar-refractivity contribution < 1.29 is 4.74 Å². The van der Waals surface area contributed by atoms with Gasteiger partial charge in [0.25, 0.3) is 0 Å². The summed E-state index contributed by atoms with van der Waals surface area (Å²) in [6.45, 7) is 2.80. The highest BCUT2D eigenvalue weighted by molar-refractivity contribution is 6.28. The van der Waals surface area contributed by atoms with E-state index in [1.54, 1.807) is 24.5 Å². The molecule has 0 bridgehead atoms. The van der Waals surface area contributed by atoms with Gasteiger partial charge in [-0.3, -0.25) is 4.98 Å².